The lowest BCUT2D eigenvalue weighted by Crippen LogP contribution is -2.53. The molecule has 2 aliphatic heterocycles. The maximum absolute atomic E-state index is 12.6. The van der Waals surface area contributed by atoms with Crippen LogP contribution in [-0.4, -0.2) is 57.9 Å². The quantitative estimate of drug-likeness (QED) is 0.831. The van der Waals surface area contributed by atoms with Crippen LogP contribution in [0.4, 0.5) is 5.69 Å². The fraction of sp³-hybridized carbons (Fsp3) is 0.571. The molecule has 1 N–H and O–H groups in total. The first kappa shape index (κ1) is 18.5. The molecule has 1 fully saturated rings. The van der Waals surface area contributed by atoms with E-state index in [4.69, 9.17) is 9.15 Å². The molecule has 6 heteroatoms. The molecule has 0 spiro atoms. The molecule has 0 bridgehead atoms. The normalized spacial score (nSPS) is 20.9. The predicted molar refractivity (Wildman–Crippen MR) is 108 cm³/mol. The fourth-order valence-electron chi connectivity index (χ4n) is 4.55. The number of hydrogen-bond donors (Lipinski definition) is 1. The Balaban J connectivity index is 1.82. The van der Waals surface area contributed by atoms with E-state index in [2.05, 4.69) is 42.1 Å². The zero-order valence-corrected chi connectivity index (χ0v) is 16.7. The van der Waals surface area contributed by atoms with Crippen LogP contribution >= 0.6 is 0 Å². The number of hydrogen-bond acceptors (Lipinski definition) is 6. The van der Waals surface area contributed by atoms with E-state index in [0.717, 1.165) is 54.7 Å². The van der Waals surface area contributed by atoms with Gasteiger partial charge in [0, 0.05) is 49.9 Å². The molecule has 1 saturated heterocycles. The van der Waals surface area contributed by atoms with Crippen LogP contribution in [0.3, 0.4) is 0 Å². The molecule has 27 heavy (non-hydrogen) atoms. The number of nitrogens with zero attached hydrogens (tertiary/aromatic N) is 2. The average Bonchev–Trinajstić information content (AvgIpc) is 2.66. The van der Waals surface area contributed by atoms with E-state index in [-0.39, 0.29) is 5.63 Å². The average molecular weight is 371 g/mol. The number of likely N-dealkylation sites (N-methyl/N-ethyl adjacent to an activating group) is 1. The molecule has 2 aromatic rings. The zero-order valence-electron chi connectivity index (χ0n) is 16.7. The Morgan fingerprint density at radius 1 is 1.30 bits per heavy atom. The molecule has 0 aliphatic carbocycles. The molecular weight excluding hydrogens is 342 g/mol. The summed E-state index contributed by atoms with van der Waals surface area (Å²) in [4.78, 5) is 17.3. The van der Waals surface area contributed by atoms with E-state index in [0.29, 0.717) is 19.2 Å². The van der Waals surface area contributed by atoms with Crippen molar-refractivity contribution in [2.75, 3.05) is 51.8 Å². The third-order valence-electron chi connectivity index (χ3n) is 6.14. The van der Waals surface area contributed by atoms with Crippen LogP contribution in [-0.2, 0) is 17.7 Å². The Kier molecular flexibility index (Phi) is 4.97. The highest BCUT2D eigenvalue weighted by Crippen LogP contribution is 2.35. The number of fused-ring (bicyclic) bond motifs is 3. The Morgan fingerprint density at radius 3 is 2.89 bits per heavy atom. The Bertz CT molecular complexity index is 921. The highest BCUT2D eigenvalue weighted by Gasteiger charge is 2.27. The highest BCUT2D eigenvalue weighted by molar-refractivity contribution is 5.91. The Hall–Kier alpha value is -1.89. The molecule has 1 aromatic heterocycles. The van der Waals surface area contributed by atoms with E-state index >= 15 is 0 Å². The van der Waals surface area contributed by atoms with E-state index in [1.807, 2.05) is 0 Å². The molecule has 0 radical (unpaired) electrons. The van der Waals surface area contributed by atoms with Crippen LogP contribution in [0.5, 0.6) is 0 Å². The third-order valence-corrected chi connectivity index (χ3v) is 6.14. The first-order chi connectivity index (χ1) is 13.0. The van der Waals surface area contributed by atoms with Gasteiger partial charge in [0.05, 0.1) is 18.2 Å². The molecule has 4 rings (SSSR count). The van der Waals surface area contributed by atoms with Gasteiger partial charge in [-0.15, -0.1) is 0 Å². The number of anilines is 1. The molecule has 2 aliphatic rings. The maximum atomic E-state index is 12.6. The van der Waals surface area contributed by atoms with E-state index in [1.165, 1.54) is 16.8 Å². The van der Waals surface area contributed by atoms with Crippen molar-refractivity contribution in [2.45, 2.75) is 32.9 Å². The summed E-state index contributed by atoms with van der Waals surface area (Å²) in [6.07, 6.45) is 0.876. The fourth-order valence-corrected chi connectivity index (χ4v) is 4.55. The smallest absolute Gasteiger partial charge is 0.341 e. The minimum Gasteiger partial charge on any atom is -0.422 e. The molecule has 0 unspecified atom stereocenters. The van der Waals surface area contributed by atoms with Crippen molar-refractivity contribution >= 4 is 16.7 Å². The molecule has 3 heterocycles. The van der Waals surface area contributed by atoms with Crippen molar-refractivity contribution in [1.82, 2.24) is 10.2 Å². The van der Waals surface area contributed by atoms with Gasteiger partial charge in [0.25, 0.3) is 0 Å². The van der Waals surface area contributed by atoms with Gasteiger partial charge in [0.15, 0.2) is 0 Å². The number of nitrogens with one attached hydrogen (secondary N) is 1. The Labute approximate surface area is 160 Å². The number of methoxy groups -OCH3 is 1. The summed E-state index contributed by atoms with van der Waals surface area (Å²) in [5.74, 6) is 0. The van der Waals surface area contributed by atoms with Gasteiger partial charge in [-0.1, -0.05) is 0 Å². The molecule has 6 nitrogen and oxygen atoms in total. The number of piperazine rings is 1. The van der Waals surface area contributed by atoms with Crippen LogP contribution in [0.25, 0.3) is 11.0 Å². The van der Waals surface area contributed by atoms with Crippen LogP contribution < -0.4 is 15.8 Å². The van der Waals surface area contributed by atoms with Gasteiger partial charge in [-0.05, 0) is 51.1 Å². The first-order valence-corrected chi connectivity index (χ1v) is 9.75. The molecule has 1 aromatic carbocycles. The van der Waals surface area contributed by atoms with E-state index in [9.17, 15) is 4.79 Å². The van der Waals surface area contributed by atoms with E-state index < -0.39 is 0 Å². The second kappa shape index (κ2) is 7.26. The summed E-state index contributed by atoms with van der Waals surface area (Å²) >= 11 is 0. The van der Waals surface area contributed by atoms with Gasteiger partial charge in [0.2, 0.25) is 0 Å². The molecule has 0 amide bonds. The highest BCUT2D eigenvalue weighted by atomic mass is 16.5. The lowest BCUT2D eigenvalue weighted by Gasteiger charge is -2.41. The van der Waals surface area contributed by atoms with Gasteiger partial charge in [-0.25, -0.2) is 4.79 Å². The van der Waals surface area contributed by atoms with Gasteiger partial charge in [-0.2, -0.15) is 0 Å². The summed E-state index contributed by atoms with van der Waals surface area (Å²) in [6, 6.07) is 2.63. The monoisotopic (exact) mass is 371 g/mol. The van der Waals surface area contributed by atoms with Crippen LogP contribution in [0, 0.1) is 13.8 Å². The van der Waals surface area contributed by atoms with Crippen LogP contribution in [0.2, 0.25) is 0 Å². The number of aryl methyl sites for hydroxylation is 2. The van der Waals surface area contributed by atoms with Gasteiger partial charge >= 0.3 is 5.63 Å². The van der Waals surface area contributed by atoms with Crippen molar-refractivity contribution in [2.24, 2.45) is 0 Å². The van der Waals surface area contributed by atoms with Gasteiger partial charge in [0.1, 0.15) is 5.58 Å². The summed E-state index contributed by atoms with van der Waals surface area (Å²) in [6.45, 7) is 9.30. The summed E-state index contributed by atoms with van der Waals surface area (Å²) in [7, 11) is 3.91. The molecular formula is C21H29N3O3. The minimum atomic E-state index is -0.194. The number of benzene rings is 1. The van der Waals surface area contributed by atoms with Crippen molar-refractivity contribution in [3.63, 3.8) is 0 Å². The predicted octanol–water partition coefficient (Wildman–Crippen LogP) is 1.82. The summed E-state index contributed by atoms with van der Waals surface area (Å²) in [5.41, 5.74) is 5.96. The summed E-state index contributed by atoms with van der Waals surface area (Å²) in [5, 5.41) is 4.41. The van der Waals surface area contributed by atoms with Gasteiger partial charge in [-0.3, -0.25) is 4.90 Å². The third kappa shape index (κ3) is 3.16. The standard InChI is InChI=1S/C21H29N3O3/c1-13-9-18(24-8-7-23(3)15(11-24)12-26-4)14(2)20-19(13)16-5-6-22-10-17(16)21(25)27-20/h9,15,22H,5-8,10-12H2,1-4H3/t15-/m0/s1. The largest absolute Gasteiger partial charge is 0.422 e. The first-order valence-electron chi connectivity index (χ1n) is 9.75. The van der Waals surface area contributed by atoms with Crippen LogP contribution in [0.1, 0.15) is 22.3 Å². The van der Waals surface area contributed by atoms with Gasteiger partial charge < -0.3 is 19.4 Å². The lowest BCUT2D eigenvalue weighted by molar-refractivity contribution is 0.0987. The second-order valence-corrected chi connectivity index (χ2v) is 7.85. The second-order valence-electron chi connectivity index (χ2n) is 7.85. The zero-order chi connectivity index (χ0) is 19.1. The maximum Gasteiger partial charge on any atom is 0.341 e. The molecule has 146 valence electrons. The summed E-state index contributed by atoms with van der Waals surface area (Å²) < 4.78 is 11.2. The number of ether oxygens (including phenoxy) is 1. The molecule has 1 atom stereocenters. The SMILES string of the molecule is COC[C@@H]1CN(c2cc(C)c3c4c(c(=O)oc3c2C)CNCC4)CCN1C. The Morgan fingerprint density at radius 2 is 2.11 bits per heavy atom. The van der Waals surface area contributed by atoms with Crippen molar-refractivity contribution in [1.29, 1.82) is 0 Å². The van der Waals surface area contributed by atoms with Crippen molar-refractivity contribution in [3.8, 4) is 0 Å². The van der Waals surface area contributed by atoms with E-state index in [1.54, 1.807) is 7.11 Å². The molecule has 0 saturated carbocycles. The number of rotatable bonds is 3. The van der Waals surface area contributed by atoms with Crippen molar-refractivity contribution in [3.05, 3.63) is 38.7 Å². The topological polar surface area (TPSA) is 58.0 Å². The minimum absolute atomic E-state index is 0.194. The van der Waals surface area contributed by atoms with Crippen molar-refractivity contribution < 1.29 is 9.15 Å². The lowest BCUT2D eigenvalue weighted by atomic mass is 9.93. The van der Waals surface area contributed by atoms with Crippen LogP contribution in [0.15, 0.2) is 15.3 Å².